The molecule has 0 unspecified atom stereocenters. The van der Waals surface area contributed by atoms with Crippen molar-refractivity contribution in [1.82, 2.24) is 10.2 Å². The number of aliphatic hydroxyl groups excluding tert-OH is 1. The third kappa shape index (κ3) is 2.95. The van der Waals surface area contributed by atoms with Gasteiger partial charge in [-0.05, 0) is 18.6 Å². The van der Waals surface area contributed by atoms with Gasteiger partial charge in [0, 0.05) is 32.0 Å². The van der Waals surface area contributed by atoms with Crippen LogP contribution >= 0.6 is 0 Å². The van der Waals surface area contributed by atoms with Crippen molar-refractivity contribution in [2.24, 2.45) is 17.8 Å². The molecule has 2 N–H and O–H groups in total. The van der Waals surface area contributed by atoms with Gasteiger partial charge in [-0.3, -0.25) is 9.59 Å². The number of nitrogens with one attached hydrogen (secondary N) is 1. The van der Waals surface area contributed by atoms with Crippen molar-refractivity contribution in [2.75, 3.05) is 26.7 Å². The number of carbonyl (C=O) groups excluding carboxylic acids is 2. The number of ether oxygens (including phenoxy) is 2. The van der Waals surface area contributed by atoms with E-state index in [2.05, 4.69) is 5.32 Å². The molecule has 7 heteroatoms. The molecule has 3 aliphatic heterocycles. The minimum atomic E-state index is -0.640. The first-order valence-electron chi connectivity index (χ1n) is 9.09. The van der Waals surface area contributed by atoms with E-state index in [1.807, 2.05) is 30.3 Å². The normalized spacial score (nSPS) is 35.1. The van der Waals surface area contributed by atoms with Gasteiger partial charge in [-0.1, -0.05) is 18.2 Å². The zero-order chi connectivity index (χ0) is 18.3. The minimum absolute atomic E-state index is 0.0216. The van der Waals surface area contributed by atoms with Crippen molar-refractivity contribution in [3.63, 3.8) is 0 Å². The molecule has 1 aromatic rings. The molecule has 1 aromatic carbocycles. The fourth-order valence-electron chi connectivity index (χ4n) is 4.59. The van der Waals surface area contributed by atoms with E-state index >= 15 is 0 Å². The molecule has 7 nitrogen and oxygen atoms in total. The number of likely N-dealkylation sites (tertiary alicyclic amines) is 1. The third-order valence-corrected chi connectivity index (χ3v) is 5.91. The molecule has 26 heavy (non-hydrogen) atoms. The number of nitrogens with zero attached hydrogens (tertiary/aromatic N) is 1. The van der Waals surface area contributed by atoms with Crippen LogP contribution in [0.4, 0.5) is 0 Å². The summed E-state index contributed by atoms with van der Waals surface area (Å²) in [5.41, 5.74) is 0. The lowest BCUT2D eigenvalue weighted by molar-refractivity contribution is -0.140. The van der Waals surface area contributed by atoms with E-state index in [0.717, 1.165) is 0 Å². The number of para-hydroxylation sites is 1. The van der Waals surface area contributed by atoms with Gasteiger partial charge in [-0.15, -0.1) is 0 Å². The Hall–Kier alpha value is -2.12. The van der Waals surface area contributed by atoms with E-state index in [9.17, 15) is 14.7 Å². The topological polar surface area (TPSA) is 88.1 Å². The molecule has 140 valence electrons. The number of benzene rings is 1. The summed E-state index contributed by atoms with van der Waals surface area (Å²) in [6.07, 6.45) is -0.650. The summed E-state index contributed by atoms with van der Waals surface area (Å²) in [5, 5.41) is 13.3. The molecule has 0 saturated carbocycles. The van der Waals surface area contributed by atoms with Crippen LogP contribution in [0.15, 0.2) is 30.3 Å². The number of hydrogen-bond donors (Lipinski definition) is 2. The highest BCUT2D eigenvalue weighted by Gasteiger charge is 2.58. The molecule has 3 aliphatic rings. The Balaban J connectivity index is 1.42. The van der Waals surface area contributed by atoms with Crippen LogP contribution < -0.4 is 10.1 Å². The molecular weight excluding hydrogens is 336 g/mol. The van der Waals surface area contributed by atoms with Gasteiger partial charge in [0.15, 0.2) is 6.61 Å². The molecule has 0 radical (unpaired) electrons. The lowest BCUT2D eigenvalue weighted by Gasteiger charge is -2.36. The fraction of sp³-hybridized carbons (Fsp3) is 0.579. The first-order chi connectivity index (χ1) is 12.6. The Labute approximate surface area is 152 Å². The zero-order valence-electron chi connectivity index (χ0n) is 14.7. The second-order valence-electron chi connectivity index (χ2n) is 7.31. The molecule has 6 atom stereocenters. The third-order valence-electron chi connectivity index (χ3n) is 5.91. The SMILES string of the molecule is CNC(=O)[C@@H]1C[C@@H]2O[C@H]1[C@H]1CN(C(=O)COc3ccccc3)C[C@H]1[C@H]2O. The van der Waals surface area contributed by atoms with Crippen molar-refractivity contribution in [1.29, 1.82) is 0 Å². The number of amides is 2. The van der Waals surface area contributed by atoms with Crippen LogP contribution in [0.1, 0.15) is 6.42 Å². The standard InChI is InChI=1S/C19H24N2O5/c1-20-19(24)12-7-15-17(23)13-8-21(9-14(13)18(12)26-15)16(22)10-25-11-5-3-2-4-6-11/h2-6,12-15,17-18,23H,7-10H2,1H3,(H,20,24)/t12-,13-,14+,15+,17-,18-/m1/s1. The zero-order valence-corrected chi connectivity index (χ0v) is 14.7. The highest BCUT2D eigenvalue weighted by molar-refractivity contribution is 5.80. The second-order valence-corrected chi connectivity index (χ2v) is 7.31. The van der Waals surface area contributed by atoms with Crippen molar-refractivity contribution < 1.29 is 24.2 Å². The fourth-order valence-corrected chi connectivity index (χ4v) is 4.59. The van der Waals surface area contributed by atoms with Crippen molar-refractivity contribution in [3.8, 4) is 5.75 Å². The molecule has 2 bridgehead atoms. The predicted molar refractivity (Wildman–Crippen MR) is 92.3 cm³/mol. The highest BCUT2D eigenvalue weighted by Crippen LogP contribution is 2.46. The molecule has 0 aromatic heterocycles. The number of carbonyl (C=O) groups is 2. The smallest absolute Gasteiger partial charge is 0.260 e. The van der Waals surface area contributed by atoms with Gasteiger partial charge >= 0.3 is 0 Å². The van der Waals surface area contributed by atoms with Crippen molar-refractivity contribution in [2.45, 2.75) is 24.7 Å². The first-order valence-corrected chi connectivity index (χ1v) is 9.09. The Bertz CT molecular complexity index is 682. The summed E-state index contributed by atoms with van der Waals surface area (Å²) in [5.74, 6) is 0.163. The van der Waals surface area contributed by atoms with Gasteiger partial charge in [-0.25, -0.2) is 0 Å². The molecular formula is C19H24N2O5. The maximum absolute atomic E-state index is 12.5. The van der Waals surface area contributed by atoms with Crippen molar-refractivity contribution in [3.05, 3.63) is 30.3 Å². The van der Waals surface area contributed by atoms with E-state index < -0.39 is 6.10 Å². The van der Waals surface area contributed by atoms with Crippen LogP contribution in [0.5, 0.6) is 5.75 Å². The molecule has 3 saturated heterocycles. The van der Waals surface area contributed by atoms with E-state index in [1.54, 1.807) is 11.9 Å². The first kappa shape index (κ1) is 17.3. The van der Waals surface area contributed by atoms with E-state index in [-0.39, 0.29) is 48.4 Å². The van der Waals surface area contributed by atoms with Gasteiger partial charge in [0.2, 0.25) is 5.91 Å². The summed E-state index contributed by atoms with van der Waals surface area (Å²) < 4.78 is 11.5. The van der Waals surface area contributed by atoms with Crippen LogP contribution in [0.3, 0.4) is 0 Å². The largest absolute Gasteiger partial charge is 0.484 e. The van der Waals surface area contributed by atoms with Crippen LogP contribution in [0, 0.1) is 17.8 Å². The number of fused-ring (bicyclic) bond motifs is 4. The summed E-state index contributed by atoms with van der Waals surface area (Å²) in [6, 6.07) is 9.21. The number of aliphatic hydroxyl groups is 1. The Morgan fingerprint density at radius 3 is 2.73 bits per heavy atom. The van der Waals surface area contributed by atoms with Crippen molar-refractivity contribution >= 4 is 11.8 Å². The van der Waals surface area contributed by atoms with Gasteiger partial charge < -0.3 is 24.8 Å². The van der Waals surface area contributed by atoms with Crippen LogP contribution in [0.2, 0.25) is 0 Å². The summed E-state index contributed by atoms with van der Waals surface area (Å²) in [4.78, 5) is 26.4. The molecule has 0 spiro atoms. The molecule has 2 amide bonds. The highest BCUT2D eigenvalue weighted by atomic mass is 16.5. The van der Waals surface area contributed by atoms with Crippen LogP contribution in [0.25, 0.3) is 0 Å². The van der Waals surface area contributed by atoms with Gasteiger partial charge in [-0.2, -0.15) is 0 Å². The van der Waals surface area contributed by atoms with E-state index in [0.29, 0.717) is 25.3 Å². The van der Waals surface area contributed by atoms with Gasteiger partial charge in [0.25, 0.3) is 5.91 Å². The average Bonchev–Trinajstić information content (AvgIpc) is 3.28. The molecule has 3 heterocycles. The maximum Gasteiger partial charge on any atom is 0.260 e. The minimum Gasteiger partial charge on any atom is -0.484 e. The monoisotopic (exact) mass is 360 g/mol. The van der Waals surface area contributed by atoms with Crippen LogP contribution in [-0.4, -0.2) is 66.9 Å². The summed E-state index contributed by atoms with van der Waals surface area (Å²) in [6.45, 7) is 0.941. The number of hydrogen-bond acceptors (Lipinski definition) is 5. The van der Waals surface area contributed by atoms with E-state index in [4.69, 9.17) is 9.47 Å². The second kappa shape index (κ2) is 6.89. The van der Waals surface area contributed by atoms with Gasteiger partial charge in [0.1, 0.15) is 5.75 Å². The lowest BCUT2D eigenvalue weighted by atomic mass is 9.83. The van der Waals surface area contributed by atoms with Crippen LogP contribution in [-0.2, 0) is 14.3 Å². The quantitative estimate of drug-likeness (QED) is 0.791. The Morgan fingerprint density at radius 2 is 2.00 bits per heavy atom. The lowest BCUT2D eigenvalue weighted by Crippen LogP contribution is -2.47. The van der Waals surface area contributed by atoms with Gasteiger partial charge in [0.05, 0.1) is 24.2 Å². The van der Waals surface area contributed by atoms with E-state index in [1.165, 1.54) is 0 Å². The molecule has 0 aliphatic carbocycles. The molecule has 3 fully saturated rings. The summed E-state index contributed by atoms with van der Waals surface area (Å²) in [7, 11) is 1.62. The Morgan fingerprint density at radius 1 is 1.27 bits per heavy atom. The maximum atomic E-state index is 12.5. The molecule has 4 rings (SSSR count). The number of rotatable bonds is 4. The summed E-state index contributed by atoms with van der Waals surface area (Å²) >= 11 is 0. The average molecular weight is 360 g/mol. The predicted octanol–water partition coefficient (Wildman–Crippen LogP) is 0.0342. The Kier molecular flexibility index (Phi) is 4.58.